The molecule has 2 rings (SSSR count). The summed E-state index contributed by atoms with van der Waals surface area (Å²) in [6, 6.07) is 11.1. The molecule has 0 aliphatic heterocycles. The van der Waals surface area contributed by atoms with Crippen LogP contribution in [0, 0.1) is 5.92 Å². The van der Waals surface area contributed by atoms with Crippen LogP contribution in [0.5, 0.6) is 0 Å². The van der Waals surface area contributed by atoms with Gasteiger partial charge in [-0.25, -0.2) is 0 Å². The smallest absolute Gasteiger partial charge is 0.216 e. The number of nitrogens with one attached hydrogen (secondary N) is 2. The number of carbonyl (C=O) groups is 1. The SMILES string of the molecule is CC(=O)NCCNC(c1ccccc1)C1CCCCC1. The van der Waals surface area contributed by atoms with Gasteiger partial charge in [-0.05, 0) is 24.3 Å². The molecular formula is C17H26N2O. The number of amides is 1. The minimum Gasteiger partial charge on any atom is -0.355 e. The van der Waals surface area contributed by atoms with E-state index in [9.17, 15) is 4.79 Å². The Bertz CT molecular complexity index is 399. The maximum atomic E-state index is 10.9. The summed E-state index contributed by atoms with van der Waals surface area (Å²) in [5.74, 6) is 0.768. The van der Waals surface area contributed by atoms with E-state index in [1.165, 1.54) is 37.7 Å². The first-order valence-corrected chi connectivity index (χ1v) is 7.80. The largest absolute Gasteiger partial charge is 0.355 e. The molecular weight excluding hydrogens is 248 g/mol. The molecule has 2 N–H and O–H groups in total. The molecule has 1 aliphatic rings. The van der Waals surface area contributed by atoms with Crippen molar-refractivity contribution in [1.82, 2.24) is 10.6 Å². The zero-order valence-corrected chi connectivity index (χ0v) is 12.4. The van der Waals surface area contributed by atoms with Crippen LogP contribution in [0.15, 0.2) is 30.3 Å². The normalized spacial score (nSPS) is 17.6. The van der Waals surface area contributed by atoms with Gasteiger partial charge in [0.25, 0.3) is 0 Å². The van der Waals surface area contributed by atoms with E-state index in [-0.39, 0.29) is 5.91 Å². The maximum Gasteiger partial charge on any atom is 0.216 e. The van der Waals surface area contributed by atoms with Crippen molar-refractivity contribution in [3.63, 3.8) is 0 Å². The molecule has 0 spiro atoms. The van der Waals surface area contributed by atoms with Crippen molar-refractivity contribution in [1.29, 1.82) is 0 Å². The van der Waals surface area contributed by atoms with Gasteiger partial charge in [-0.1, -0.05) is 49.6 Å². The van der Waals surface area contributed by atoms with Gasteiger partial charge in [0.15, 0.2) is 0 Å². The van der Waals surface area contributed by atoms with Crippen LogP contribution in [-0.4, -0.2) is 19.0 Å². The third kappa shape index (κ3) is 4.64. The lowest BCUT2D eigenvalue weighted by atomic mass is 9.81. The van der Waals surface area contributed by atoms with E-state index in [1.807, 2.05) is 0 Å². The Labute approximate surface area is 122 Å². The van der Waals surface area contributed by atoms with Crippen molar-refractivity contribution >= 4 is 5.91 Å². The van der Waals surface area contributed by atoms with Gasteiger partial charge in [-0.15, -0.1) is 0 Å². The van der Waals surface area contributed by atoms with Crippen LogP contribution in [-0.2, 0) is 4.79 Å². The highest BCUT2D eigenvalue weighted by molar-refractivity contribution is 5.72. The molecule has 1 unspecified atom stereocenters. The van der Waals surface area contributed by atoms with Crippen LogP contribution in [0.3, 0.4) is 0 Å². The molecule has 1 atom stereocenters. The van der Waals surface area contributed by atoms with Crippen LogP contribution in [0.1, 0.15) is 50.6 Å². The van der Waals surface area contributed by atoms with Crippen LogP contribution in [0.2, 0.25) is 0 Å². The number of benzene rings is 1. The van der Waals surface area contributed by atoms with E-state index < -0.39 is 0 Å². The monoisotopic (exact) mass is 274 g/mol. The second-order valence-electron chi connectivity index (χ2n) is 5.72. The molecule has 3 nitrogen and oxygen atoms in total. The van der Waals surface area contributed by atoms with Gasteiger partial charge in [0.1, 0.15) is 0 Å². The summed E-state index contributed by atoms with van der Waals surface area (Å²) in [6.45, 7) is 3.09. The van der Waals surface area contributed by atoms with Gasteiger partial charge in [0, 0.05) is 26.1 Å². The number of carbonyl (C=O) groups excluding carboxylic acids is 1. The molecule has 0 radical (unpaired) electrons. The summed E-state index contributed by atoms with van der Waals surface area (Å²) in [6.07, 6.45) is 6.70. The predicted molar refractivity (Wildman–Crippen MR) is 82.4 cm³/mol. The van der Waals surface area contributed by atoms with Gasteiger partial charge in [0.05, 0.1) is 0 Å². The Balaban J connectivity index is 1.94. The number of hydrogen-bond acceptors (Lipinski definition) is 2. The molecule has 3 heteroatoms. The molecule has 1 amide bonds. The summed E-state index contributed by atoms with van der Waals surface area (Å²) >= 11 is 0. The van der Waals surface area contributed by atoms with E-state index in [1.54, 1.807) is 6.92 Å². The summed E-state index contributed by atoms with van der Waals surface area (Å²) < 4.78 is 0. The van der Waals surface area contributed by atoms with Gasteiger partial charge in [-0.2, -0.15) is 0 Å². The Morgan fingerprint density at radius 3 is 2.50 bits per heavy atom. The Morgan fingerprint density at radius 2 is 1.85 bits per heavy atom. The highest BCUT2D eigenvalue weighted by atomic mass is 16.1. The lowest BCUT2D eigenvalue weighted by Gasteiger charge is -2.31. The van der Waals surface area contributed by atoms with Gasteiger partial charge < -0.3 is 10.6 Å². The quantitative estimate of drug-likeness (QED) is 0.783. The Hall–Kier alpha value is -1.35. The van der Waals surface area contributed by atoms with Crippen LogP contribution in [0.25, 0.3) is 0 Å². The molecule has 0 bridgehead atoms. The third-order valence-electron chi connectivity index (χ3n) is 4.14. The molecule has 1 aromatic rings. The summed E-state index contributed by atoms with van der Waals surface area (Å²) in [4.78, 5) is 10.9. The maximum absolute atomic E-state index is 10.9. The minimum absolute atomic E-state index is 0.0423. The first kappa shape index (κ1) is 15.0. The second kappa shape index (κ2) is 8.05. The Morgan fingerprint density at radius 1 is 1.15 bits per heavy atom. The first-order valence-electron chi connectivity index (χ1n) is 7.80. The molecule has 1 saturated carbocycles. The second-order valence-corrected chi connectivity index (χ2v) is 5.72. The first-order chi connectivity index (χ1) is 9.77. The average Bonchev–Trinajstić information content (AvgIpc) is 2.49. The molecule has 20 heavy (non-hydrogen) atoms. The van der Waals surface area contributed by atoms with Crippen molar-refractivity contribution in [2.45, 2.75) is 45.1 Å². The highest BCUT2D eigenvalue weighted by Crippen LogP contribution is 2.34. The highest BCUT2D eigenvalue weighted by Gasteiger charge is 2.24. The standard InChI is InChI=1S/C17H26N2O/c1-14(20)18-12-13-19-17(15-8-4-2-5-9-15)16-10-6-3-7-11-16/h2,4-5,8-9,16-17,19H,3,6-7,10-13H2,1H3,(H,18,20). The lowest BCUT2D eigenvalue weighted by molar-refractivity contribution is -0.118. The van der Waals surface area contributed by atoms with E-state index in [0.717, 1.165) is 12.5 Å². The molecule has 0 heterocycles. The number of rotatable bonds is 6. The molecule has 1 fully saturated rings. The van der Waals surface area contributed by atoms with Gasteiger partial charge in [-0.3, -0.25) is 4.79 Å². The van der Waals surface area contributed by atoms with Crippen molar-refractivity contribution in [3.05, 3.63) is 35.9 Å². The predicted octanol–water partition coefficient (Wildman–Crippen LogP) is 3.03. The molecule has 1 aromatic carbocycles. The third-order valence-corrected chi connectivity index (χ3v) is 4.14. The van der Waals surface area contributed by atoms with Gasteiger partial charge in [0.2, 0.25) is 5.91 Å². The number of hydrogen-bond donors (Lipinski definition) is 2. The molecule has 1 aliphatic carbocycles. The minimum atomic E-state index is 0.0423. The van der Waals surface area contributed by atoms with E-state index >= 15 is 0 Å². The van der Waals surface area contributed by atoms with Crippen molar-refractivity contribution in [3.8, 4) is 0 Å². The van der Waals surface area contributed by atoms with Crippen molar-refractivity contribution < 1.29 is 4.79 Å². The average molecular weight is 274 g/mol. The fraction of sp³-hybridized carbons (Fsp3) is 0.588. The van der Waals surface area contributed by atoms with E-state index in [2.05, 4.69) is 41.0 Å². The van der Waals surface area contributed by atoms with Crippen LogP contribution >= 0.6 is 0 Å². The van der Waals surface area contributed by atoms with Crippen molar-refractivity contribution in [2.24, 2.45) is 5.92 Å². The lowest BCUT2D eigenvalue weighted by Crippen LogP contribution is -2.36. The molecule has 0 aromatic heterocycles. The van der Waals surface area contributed by atoms with E-state index in [4.69, 9.17) is 0 Å². The summed E-state index contributed by atoms with van der Waals surface area (Å²) in [5, 5.41) is 6.50. The van der Waals surface area contributed by atoms with E-state index in [0.29, 0.717) is 12.6 Å². The fourth-order valence-corrected chi connectivity index (χ4v) is 3.15. The molecule has 110 valence electrons. The van der Waals surface area contributed by atoms with Gasteiger partial charge >= 0.3 is 0 Å². The van der Waals surface area contributed by atoms with Crippen molar-refractivity contribution in [2.75, 3.05) is 13.1 Å². The fourth-order valence-electron chi connectivity index (χ4n) is 3.15. The topological polar surface area (TPSA) is 41.1 Å². The zero-order chi connectivity index (χ0) is 14.2. The zero-order valence-electron chi connectivity index (χ0n) is 12.4. The van der Waals surface area contributed by atoms with Crippen LogP contribution in [0.4, 0.5) is 0 Å². The Kier molecular flexibility index (Phi) is 6.06. The summed E-state index contributed by atoms with van der Waals surface area (Å²) in [7, 11) is 0. The summed E-state index contributed by atoms with van der Waals surface area (Å²) in [5.41, 5.74) is 1.38. The van der Waals surface area contributed by atoms with Crippen LogP contribution < -0.4 is 10.6 Å². The molecule has 0 saturated heterocycles.